The third kappa shape index (κ3) is 2.05. The molecule has 23 heavy (non-hydrogen) atoms. The summed E-state index contributed by atoms with van der Waals surface area (Å²) >= 11 is 0. The summed E-state index contributed by atoms with van der Waals surface area (Å²) in [6.45, 7) is 0.645. The molecule has 124 valence electrons. The van der Waals surface area contributed by atoms with Crippen LogP contribution < -0.4 is 16.0 Å². The molecule has 2 aromatic rings. The molecule has 4 rings (SSSR count). The van der Waals surface area contributed by atoms with Crippen LogP contribution >= 0.6 is 0 Å². The lowest BCUT2D eigenvalue weighted by molar-refractivity contribution is 0.180. The molecule has 2 bridgehead atoms. The molecule has 0 unspecified atom stereocenters. The summed E-state index contributed by atoms with van der Waals surface area (Å²) in [5.74, 6) is 2.26. The van der Waals surface area contributed by atoms with Crippen LogP contribution in [0.4, 0.5) is 0 Å². The van der Waals surface area contributed by atoms with Crippen molar-refractivity contribution in [1.29, 1.82) is 0 Å². The van der Waals surface area contributed by atoms with Crippen molar-refractivity contribution >= 4 is 11.2 Å². The van der Waals surface area contributed by atoms with Crippen molar-refractivity contribution in [3.05, 3.63) is 20.8 Å². The van der Waals surface area contributed by atoms with Crippen LogP contribution in [-0.4, -0.2) is 25.3 Å². The number of aryl methyl sites for hydroxylation is 2. The fourth-order valence-corrected chi connectivity index (χ4v) is 4.39. The lowest BCUT2D eigenvalue weighted by Gasteiger charge is -2.21. The van der Waals surface area contributed by atoms with E-state index in [2.05, 4.69) is 4.98 Å². The summed E-state index contributed by atoms with van der Waals surface area (Å²) < 4.78 is 10.1. The van der Waals surface area contributed by atoms with E-state index in [-0.39, 0.29) is 11.2 Å². The standard InChI is InChI=1S/C16H22N4O3/c1-18-12-13(19(2)16(22)20(3)14(12)21)17-15(18)23-8-11-7-9-4-5-10(11)6-9/h9-11H,4-8H2,1-3H3/t9-,10+,11-/m0/s1. The van der Waals surface area contributed by atoms with Crippen LogP contribution in [0, 0.1) is 17.8 Å². The van der Waals surface area contributed by atoms with Gasteiger partial charge in [-0.05, 0) is 37.0 Å². The highest BCUT2D eigenvalue weighted by Gasteiger charge is 2.39. The average molecular weight is 318 g/mol. The molecule has 2 saturated carbocycles. The Morgan fingerprint density at radius 1 is 1.09 bits per heavy atom. The first-order valence-corrected chi connectivity index (χ1v) is 8.22. The lowest BCUT2D eigenvalue weighted by Crippen LogP contribution is -2.37. The predicted octanol–water partition coefficient (Wildman–Crippen LogP) is 0.786. The maximum absolute atomic E-state index is 12.3. The number of aromatic nitrogens is 4. The van der Waals surface area contributed by atoms with E-state index < -0.39 is 0 Å². The van der Waals surface area contributed by atoms with Crippen molar-refractivity contribution in [3.63, 3.8) is 0 Å². The zero-order valence-corrected chi connectivity index (χ0v) is 13.8. The van der Waals surface area contributed by atoms with Gasteiger partial charge in [-0.25, -0.2) is 4.79 Å². The SMILES string of the molecule is Cn1c(=O)c2c(nc(OC[C@@H]3C[C@H]4CC[C@@H]3C4)n2C)n(C)c1=O. The first-order valence-electron chi connectivity index (χ1n) is 8.22. The number of ether oxygens (including phenoxy) is 1. The molecule has 7 nitrogen and oxygen atoms in total. The summed E-state index contributed by atoms with van der Waals surface area (Å²) in [6.07, 6.45) is 5.27. The Kier molecular flexibility index (Phi) is 3.14. The lowest BCUT2D eigenvalue weighted by atomic mass is 9.90. The fraction of sp³-hybridized carbons (Fsp3) is 0.688. The van der Waals surface area contributed by atoms with Crippen LogP contribution in [0.15, 0.2) is 9.59 Å². The first-order chi connectivity index (χ1) is 11.0. The minimum absolute atomic E-state index is 0.340. The number of imidazole rings is 1. The zero-order chi connectivity index (χ0) is 16.3. The predicted molar refractivity (Wildman–Crippen MR) is 85.6 cm³/mol. The molecule has 0 aliphatic heterocycles. The highest BCUT2D eigenvalue weighted by molar-refractivity contribution is 5.71. The highest BCUT2D eigenvalue weighted by atomic mass is 16.5. The molecule has 0 spiro atoms. The van der Waals surface area contributed by atoms with Gasteiger partial charge >= 0.3 is 5.69 Å². The van der Waals surface area contributed by atoms with Gasteiger partial charge in [0, 0.05) is 21.1 Å². The van der Waals surface area contributed by atoms with E-state index in [1.807, 2.05) is 0 Å². The maximum Gasteiger partial charge on any atom is 0.332 e. The number of nitrogens with zero attached hydrogens (tertiary/aromatic N) is 4. The van der Waals surface area contributed by atoms with Gasteiger partial charge in [0.1, 0.15) is 0 Å². The second kappa shape index (κ2) is 4.97. The fourth-order valence-electron chi connectivity index (χ4n) is 4.39. The Morgan fingerprint density at radius 3 is 2.52 bits per heavy atom. The molecular weight excluding hydrogens is 296 g/mol. The van der Waals surface area contributed by atoms with Gasteiger partial charge in [0.05, 0.1) is 6.61 Å². The average Bonchev–Trinajstić information content (AvgIpc) is 3.23. The van der Waals surface area contributed by atoms with Crippen LogP contribution in [0.2, 0.25) is 0 Å². The summed E-state index contributed by atoms with van der Waals surface area (Å²) in [4.78, 5) is 28.7. The monoisotopic (exact) mass is 318 g/mol. The summed E-state index contributed by atoms with van der Waals surface area (Å²) in [5.41, 5.74) is 0.0641. The first kappa shape index (κ1) is 14.5. The Morgan fingerprint density at radius 2 is 1.87 bits per heavy atom. The number of hydrogen-bond donors (Lipinski definition) is 0. The maximum atomic E-state index is 12.3. The quantitative estimate of drug-likeness (QED) is 0.839. The van der Waals surface area contributed by atoms with E-state index >= 15 is 0 Å². The molecule has 2 aliphatic carbocycles. The molecule has 0 aromatic carbocycles. The summed E-state index contributed by atoms with van der Waals surface area (Å²) in [6, 6.07) is 0.418. The van der Waals surface area contributed by atoms with E-state index in [9.17, 15) is 9.59 Å². The molecule has 2 aromatic heterocycles. The van der Waals surface area contributed by atoms with E-state index in [0.717, 1.165) is 16.4 Å². The smallest absolute Gasteiger partial charge is 0.332 e. The Hall–Kier alpha value is -2.05. The minimum atomic E-state index is -0.375. The van der Waals surface area contributed by atoms with Crippen molar-refractivity contribution in [2.24, 2.45) is 38.9 Å². The molecule has 0 N–H and O–H groups in total. The Balaban J connectivity index is 1.67. The van der Waals surface area contributed by atoms with E-state index in [1.54, 1.807) is 18.7 Å². The van der Waals surface area contributed by atoms with Gasteiger partial charge in [0.25, 0.3) is 11.6 Å². The molecule has 0 amide bonds. The molecule has 2 aliphatic rings. The second-order valence-electron chi connectivity index (χ2n) is 7.08. The summed E-state index contributed by atoms with van der Waals surface area (Å²) in [5, 5.41) is 0. The summed E-state index contributed by atoms with van der Waals surface area (Å²) in [7, 11) is 4.86. The van der Waals surface area contributed by atoms with Crippen LogP contribution in [0.1, 0.15) is 25.7 Å². The van der Waals surface area contributed by atoms with Gasteiger partial charge in [-0.1, -0.05) is 6.42 Å². The van der Waals surface area contributed by atoms with Gasteiger partial charge in [-0.15, -0.1) is 0 Å². The van der Waals surface area contributed by atoms with Crippen molar-refractivity contribution in [2.75, 3.05) is 6.61 Å². The van der Waals surface area contributed by atoms with Gasteiger partial charge in [0.2, 0.25) is 0 Å². The van der Waals surface area contributed by atoms with Crippen LogP contribution in [-0.2, 0) is 21.1 Å². The second-order valence-corrected chi connectivity index (χ2v) is 7.08. The number of hydrogen-bond acceptors (Lipinski definition) is 4. The zero-order valence-electron chi connectivity index (χ0n) is 13.8. The van der Waals surface area contributed by atoms with Gasteiger partial charge in [0.15, 0.2) is 11.2 Å². The molecule has 7 heteroatoms. The van der Waals surface area contributed by atoms with Crippen molar-refractivity contribution in [1.82, 2.24) is 18.7 Å². The van der Waals surface area contributed by atoms with Crippen molar-refractivity contribution < 1.29 is 4.74 Å². The van der Waals surface area contributed by atoms with Gasteiger partial charge in [-0.3, -0.25) is 18.5 Å². The molecule has 2 heterocycles. The highest BCUT2D eigenvalue weighted by Crippen LogP contribution is 2.48. The molecule has 0 radical (unpaired) electrons. The number of rotatable bonds is 3. The van der Waals surface area contributed by atoms with Crippen molar-refractivity contribution in [2.45, 2.75) is 25.7 Å². The van der Waals surface area contributed by atoms with Crippen LogP contribution in [0.3, 0.4) is 0 Å². The minimum Gasteiger partial charge on any atom is -0.464 e. The molecule has 2 fully saturated rings. The third-order valence-corrected chi connectivity index (χ3v) is 5.75. The van der Waals surface area contributed by atoms with Crippen LogP contribution in [0.25, 0.3) is 11.2 Å². The molecule has 3 atom stereocenters. The van der Waals surface area contributed by atoms with E-state index in [0.29, 0.717) is 29.7 Å². The van der Waals surface area contributed by atoms with Gasteiger partial charge in [-0.2, -0.15) is 4.98 Å². The number of fused-ring (bicyclic) bond motifs is 3. The van der Waals surface area contributed by atoms with E-state index in [1.165, 1.54) is 37.3 Å². The molecular formula is C16H22N4O3. The third-order valence-electron chi connectivity index (χ3n) is 5.75. The normalized spacial score (nSPS) is 26.3. The topological polar surface area (TPSA) is 71.1 Å². The van der Waals surface area contributed by atoms with Crippen molar-refractivity contribution in [3.8, 4) is 6.01 Å². The largest absolute Gasteiger partial charge is 0.464 e. The van der Waals surface area contributed by atoms with E-state index in [4.69, 9.17) is 4.74 Å². The van der Waals surface area contributed by atoms with Gasteiger partial charge < -0.3 is 4.74 Å². The Labute approximate surface area is 133 Å². The molecule has 0 saturated heterocycles. The Bertz CT molecular complexity index is 891. The van der Waals surface area contributed by atoms with Crippen LogP contribution in [0.5, 0.6) is 6.01 Å².